The van der Waals surface area contributed by atoms with Gasteiger partial charge >= 0.3 is 5.97 Å². The van der Waals surface area contributed by atoms with Gasteiger partial charge in [-0.25, -0.2) is 4.79 Å². The summed E-state index contributed by atoms with van der Waals surface area (Å²) >= 11 is 1.53. The minimum Gasteiger partial charge on any atom is -0.480 e. The lowest BCUT2D eigenvalue weighted by Gasteiger charge is -2.16. The highest BCUT2D eigenvalue weighted by Crippen LogP contribution is 2.18. The summed E-state index contributed by atoms with van der Waals surface area (Å²) in [4.78, 5) is 23.5. The van der Waals surface area contributed by atoms with Crippen molar-refractivity contribution < 1.29 is 19.8 Å². The number of benzene rings is 1. The standard InChI is InChI=1S/C14H19NO4S/c1-9-3-5-11(6-4-9)20-8-7-12(17)15-13(10(2)16)14(18)19/h3-6,10,13,16H,7-8H2,1-2H3,(H,15,17)(H,18,19). The number of carboxylic acids is 1. The van der Waals surface area contributed by atoms with Crippen molar-refractivity contribution in [1.29, 1.82) is 0 Å². The van der Waals surface area contributed by atoms with Crippen LogP contribution in [-0.4, -0.2) is 40.0 Å². The minimum absolute atomic E-state index is 0.203. The second-order valence-corrected chi connectivity index (χ2v) is 5.70. The quantitative estimate of drug-likeness (QED) is 0.663. The molecule has 0 aliphatic heterocycles. The smallest absolute Gasteiger partial charge is 0.328 e. The highest BCUT2D eigenvalue weighted by Gasteiger charge is 2.24. The van der Waals surface area contributed by atoms with Crippen molar-refractivity contribution in [3.63, 3.8) is 0 Å². The highest BCUT2D eigenvalue weighted by atomic mass is 32.2. The number of aryl methyl sites for hydroxylation is 1. The predicted molar refractivity (Wildman–Crippen MR) is 77.8 cm³/mol. The van der Waals surface area contributed by atoms with Crippen LogP contribution in [0.2, 0.25) is 0 Å². The molecule has 0 aliphatic rings. The molecule has 110 valence electrons. The number of thioether (sulfide) groups is 1. The third-order valence-corrected chi connectivity index (χ3v) is 3.70. The number of carboxylic acid groups (broad SMARTS) is 1. The lowest BCUT2D eigenvalue weighted by Crippen LogP contribution is -2.47. The molecular weight excluding hydrogens is 278 g/mol. The number of aliphatic carboxylic acids is 1. The number of carbonyl (C=O) groups is 2. The molecule has 0 bridgehead atoms. The molecule has 0 heterocycles. The molecule has 6 heteroatoms. The SMILES string of the molecule is Cc1ccc(SCCC(=O)NC(C(=O)O)C(C)O)cc1. The van der Waals surface area contributed by atoms with Crippen molar-refractivity contribution in [2.24, 2.45) is 0 Å². The van der Waals surface area contributed by atoms with E-state index in [1.54, 1.807) is 0 Å². The molecule has 1 rings (SSSR count). The van der Waals surface area contributed by atoms with E-state index in [0.29, 0.717) is 5.75 Å². The Balaban J connectivity index is 2.36. The Labute approximate surface area is 122 Å². The third-order valence-electron chi connectivity index (χ3n) is 2.68. The molecule has 20 heavy (non-hydrogen) atoms. The number of aliphatic hydroxyl groups excluding tert-OH is 1. The Kier molecular flexibility index (Phi) is 6.54. The Morgan fingerprint density at radius 1 is 1.30 bits per heavy atom. The van der Waals surface area contributed by atoms with Gasteiger partial charge in [0, 0.05) is 17.1 Å². The molecule has 0 radical (unpaired) electrons. The first-order valence-corrected chi connectivity index (χ1v) is 7.28. The van der Waals surface area contributed by atoms with Crippen LogP contribution in [-0.2, 0) is 9.59 Å². The fourth-order valence-corrected chi connectivity index (χ4v) is 2.38. The van der Waals surface area contributed by atoms with Crippen molar-refractivity contribution in [2.45, 2.75) is 37.3 Å². The summed E-state index contributed by atoms with van der Waals surface area (Å²) in [7, 11) is 0. The zero-order valence-electron chi connectivity index (χ0n) is 11.5. The van der Waals surface area contributed by atoms with E-state index in [4.69, 9.17) is 5.11 Å². The molecule has 1 aromatic carbocycles. The average molecular weight is 297 g/mol. The van der Waals surface area contributed by atoms with Gasteiger partial charge < -0.3 is 15.5 Å². The molecule has 1 amide bonds. The second-order valence-electron chi connectivity index (χ2n) is 4.54. The predicted octanol–water partition coefficient (Wildman–Crippen LogP) is 1.43. The van der Waals surface area contributed by atoms with Crippen LogP contribution < -0.4 is 5.32 Å². The maximum Gasteiger partial charge on any atom is 0.328 e. The van der Waals surface area contributed by atoms with Gasteiger partial charge in [0.15, 0.2) is 6.04 Å². The Hall–Kier alpha value is -1.53. The summed E-state index contributed by atoms with van der Waals surface area (Å²) in [5.74, 6) is -1.06. The first-order chi connectivity index (χ1) is 9.40. The maximum absolute atomic E-state index is 11.6. The summed E-state index contributed by atoms with van der Waals surface area (Å²) in [6, 6.07) is 6.69. The van der Waals surface area contributed by atoms with Crippen LogP contribution in [0.4, 0.5) is 0 Å². The molecular formula is C14H19NO4S. The first kappa shape index (κ1) is 16.5. The van der Waals surface area contributed by atoms with Crippen LogP contribution in [0.5, 0.6) is 0 Å². The van der Waals surface area contributed by atoms with Gasteiger partial charge in [-0.2, -0.15) is 0 Å². The van der Waals surface area contributed by atoms with E-state index >= 15 is 0 Å². The van der Waals surface area contributed by atoms with E-state index in [9.17, 15) is 14.7 Å². The van der Waals surface area contributed by atoms with Crippen LogP contribution >= 0.6 is 11.8 Å². The number of amides is 1. The van der Waals surface area contributed by atoms with Crippen molar-refractivity contribution in [3.05, 3.63) is 29.8 Å². The first-order valence-electron chi connectivity index (χ1n) is 6.30. The highest BCUT2D eigenvalue weighted by molar-refractivity contribution is 7.99. The fraction of sp³-hybridized carbons (Fsp3) is 0.429. The average Bonchev–Trinajstić information content (AvgIpc) is 2.37. The Morgan fingerprint density at radius 2 is 1.90 bits per heavy atom. The lowest BCUT2D eigenvalue weighted by atomic mass is 10.2. The monoisotopic (exact) mass is 297 g/mol. The third kappa shape index (κ3) is 5.63. The zero-order valence-corrected chi connectivity index (χ0v) is 12.3. The van der Waals surface area contributed by atoms with Crippen LogP contribution in [0.25, 0.3) is 0 Å². The number of carbonyl (C=O) groups excluding carboxylic acids is 1. The van der Waals surface area contributed by atoms with Gasteiger partial charge in [-0.1, -0.05) is 17.7 Å². The number of hydrogen-bond donors (Lipinski definition) is 3. The molecule has 0 saturated heterocycles. The van der Waals surface area contributed by atoms with Crippen molar-refractivity contribution in [3.8, 4) is 0 Å². The number of rotatable bonds is 7. The van der Waals surface area contributed by atoms with E-state index in [1.165, 1.54) is 24.2 Å². The molecule has 0 spiro atoms. The van der Waals surface area contributed by atoms with Crippen molar-refractivity contribution >= 4 is 23.6 Å². The van der Waals surface area contributed by atoms with Gasteiger partial charge in [-0.3, -0.25) is 4.79 Å². The molecule has 0 fully saturated rings. The Morgan fingerprint density at radius 3 is 2.40 bits per heavy atom. The lowest BCUT2D eigenvalue weighted by molar-refractivity contribution is -0.144. The molecule has 2 unspecified atom stereocenters. The van der Waals surface area contributed by atoms with Gasteiger partial charge in [0.25, 0.3) is 0 Å². The van der Waals surface area contributed by atoms with E-state index in [0.717, 1.165) is 4.90 Å². The minimum atomic E-state index is -1.26. The van der Waals surface area contributed by atoms with Crippen molar-refractivity contribution in [1.82, 2.24) is 5.32 Å². The maximum atomic E-state index is 11.6. The molecule has 0 saturated carbocycles. The van der Waals surface area contributed by atoms with Crippen LogP contribution in [0.3, 0.4) is 0 Å². The van der Waals surface area contributed by atoms with Crippen LogP contribution in [0, 0.1) is 6.92 Å². The molecule has 0 aliphatic carbocycles. The second kappa shape index (κ2) is 7.91. The van der Waals surface area contributed by atoms with E-state index in [-0.39, 0.29) is 12.3 Å². The number of nitrogens with one attached hydrogen (secondary N) is 1. The summed E-state index contributed by atoms with van der Waals surface area (Å²) in [6.07, 6.45) is -0.920. The largest absolute Gasteiger partial charge is 0.480 e. The van der Waals surface area contributed by atoms with Gasteiger partial charge in [0.1, 0.15) is 0 Å². The van der Waals surface area contributed by atoms with Gasteiger partial charge in [0.2, 0.25) is 5.91 Å². The van der Waals surface area contributed by atoms with Crippen molar-refractivity contribution in [2.75, 3.05) is 5.75 Å². The number of aliphatic hydroxyl groups is 1. The fourth-order valence-electron chi connectivity index (χ4n) is 1.53. The van der Waals surface area contributed by atoms with Gasteiger partial charge in [0.05, 0.1) is 6.10 Å². The molecule has 5 nitrogen and oxygen atoms in total. The molecule has 0 aromatic heterocycles. The van der Waals surface area contributed by atoms with E-state index in [2.05, 4.69) is 5.32 Å². The van der Waals surface area contributed by atoms with Crippen LogP contribution in [0.1, 0.15) is 18.9 Å². The zero-order chi connectivity index (χ0) is 15.1. The van der Waals surface area contributed by atoms with Gasteiger partial charge in [-0.05, 0) is 26.0 Å². The normalized spacial score (nSPS) is 13.6. The van der Waals surface area contributed by atoms with E-state index < -0.39 is 18.1 Å². The van der Waals surface area contributed by atoms with Crippen LogP contribution in [0.15, 0.2) is 29.2 Å². The molecule has 2 atom stereocenters. The van der Waals surface area contributed by atoms with E-state index in [1.807, 2.05) is 31.2 Å². The summed E-state index contributed by atoms with van der Waals surface area (Å²) in [5, 5.41) is 20.4. The summed E-state index contributed by atoms with van der Waals surface area (Å²) in [5.41, 5.74) is 1.17. The summed E-state index contributed by atoms with van der Waals surface area (Å²) in [6.45, 7) is 3.34. The Bertz CT molecular complexity index is 459. The van der Waals surface area contributed by atoms with Gasteiger partial charge in [-0.15, -0.1) is 11.8 Å². The summed E-state index contributed by atoms with van der Waals surface area (Å²) < 4.78 is 0. The molecule has 1 aromatic rings. The topological polar surface area (TPSA) is 86.6 Å². The molecule has 3 N–H and O–H groups in total. The number of hydrogen-bond acceptors (Lipinski definition) is 4.